The zero-order valence-electron chi connectivity index (χ0n) is 11.7. The molecule has 1 fully saturated rings. The summed E-state index contributed by atoms with van der Waals surface area (Å²) in [5.74, 6) is -0.460. The van der Waals surface area contributed by atoms with Gasteiger partial charge in [0.05, 0.1) is 4.92 Å². The van der Waals surface area contributed by atoms with Gasteiger partial charge in [-0.25, -0.2) is 0 Å². The van der Waals surface area contributed by atoms with Crippen LogP contribution in [0.2, 0.25) is 0 Å². The molecule has 0 unspecified atom stereocenters. The van der Waals surface area contributed by atoms with E-state index in [1.807, 2.05) is 14.0 Å². The number of aromatic nitrogens is 2. The van der Waals surface area contributed by atoms with Crippen LogP contribution in [0.1, 0.15) is 30.3 Å². The minimum atomic E-state index is -0.567. The molecule has 1 aliphatic rings. The van der Waals surface area contributed by atoms with Gasteiger partial charge in [0.15, 0.2) is 0 Å². The Morgan fingerprint density at radius 3 is 2.75 bits per heavy atom. The summed E-state index contributed by atoms with van der Waals surface area (Å²) in [6.45, 7) is 4.13. The van der Waals surface area contributed by atoms with E-state index >= 15 is 0 Å². The van der Waals surface area contributed by atoms with Crippen molar-refractivity contribution in [2.24, 2.45) is 0 Å². The summed E-state index contributed by atoms with van der Waals surface area (Å²) in [5, 5.41) is 17.8. The number of rotatable bonds is 4. The average molecular weight is 281 g/mol. The van der Waals surface area contributed by atoms with E-state index in [0.29, 0.717) is 6.54 Å². The van der Waals surface area contributed by atoms with Gasteiger partial charge >= 0.3 is 5.69 Å². The molecule has 0 aromatic carbocycles. The van der Waals surface area contributed by atoms with Crippen molar-refractivity contribution in [2.75, 3.05) is 20.1 Å². The maximum atomic E-state index is 12.1. The lowest BCUT2D eigenvalue weighted by molar-refractivity contribution is -0.385. The second-order valence-corrected chi connectivity index (χ2v) is 5.03. The molecular formula is C12H19N5O3. The fourth-order valence-electron chi connectivity index (χ4n) is 2.27. The number of piperidine rings is 1. The first-order valence-corrected chi connectivity index (χ1v) is 6.72. The third-order valence-corrected chi connectivity index (χ3v) is 3.53. The topological polar surface area (TPSA) is 93.3 Å². The lowest BCUT2D eigenvalue weighted by Gasteiger charge is -2.29. The Hall–Kier alpha value is -1.96. The van der Waals surface area contributed by atoms with Crippen molar-refractivity contribution >= 4 is 11.6 Å². The Morgan fingerprint density at radius 2 is 2.20 bits per heavy atom. The summed E-state index contributed by atoms with van der Waals surface area (Å²) in [5.41, 5.74) is -0.340. The number of amides is 1. The van der Waals surface area contributed by atoms with E-state index in [-0.39, 0.29) is 17.4 Å². The first kappa shape index (κ1) is 14.4. The molecule has 0 spiro atoms. The number of carbonyl (C=O) groups is 1. The molecule has 8 nitrogen and oxygen atoms in total. The highest BCUT2D eigenvalue weighted by Crippen LogP contribution is 2.17. The van der Waals surface area contributed by atoms with Gasteiger partial charge in [-0.2, -0.15) is 5.10 Å². The summed E-state index contributed by atoms with van der Waals surface area (Å²) in [6, 6.07) is 0.0603. The van der Waals surface area contributed by atoms with Gasteiger partial charge in [-0.1, -0.05) is 0 Å². The molecule has 1 amide bonds. The number of hydrogen-bond acceptors (Lipinski definition) is 5. The van der Waals surface area contributed by atoms with Gasteiger partial charge in [0.2, 0.25) is 5.69 Å². The smallest absolute Gasteiger partial charge is 0.320 e. The second kappa shape index (κ2) is 6.00. The van der Waals surface area contributed by atoms with Gasteiger partial charge in [0.25, 0.3) is 5.91 Å². The quantitative estimate of drug-likeness (QED) is 0.645. The Kier molecular flexibility index (Phi) is 4.33. The number of aryl methyl sites for hydroxylation is 1. The van der Waals surface area contributed by atoms with Gasteiger partial charge in [0, 0.05) is 12.6 Å². The molecule has 8 heteroatoms. The summed E-state index contributed by atoms with van der Waals surface area (Å²) < 4.78 is 1.40. The third kappa shape index (κ3) is 3.13. The normalized spacial score (nSPS) is 17.1. The molecule has 0 aliphatic carbocycles. The molecule has 1 aliphatic heterocycles. The van der Waals surface area contributed by atoms with E-state index in [1.54, 1.807) is 0 Å². The number of nitrogens with one attached hydrogen (secondary N) is 1. The van der Waals surface area contributed by atoms with Gasteiger partial charge in [-0.05, 0) is 39.9 Å². The molecule has 0 saturated carbocycles. The SMILES string of the molecule is CCn1cc([N+](=O)[O-])c(C(=O)NC2CCN(C)CC2)n1. The van der Waals surface area contributed by atoms with Crippen molar-refractivity contribution in [3.8, 4) is 0 Å². The van der Waals surface area contributed by atoms with Crippen molar-refractivity contribution in [1.82, 2.24) is 20.0 Å². The van der Waals surface area contributed by atoms with Crippen LogP contribution in [-0.4, -0.2) is 51.7 Å². The molecule has 1 aromatic heterocycles. The van der Waals surface area contributed by atoms with Crippen LogP contribution in [0.4, 0.5) is 5.69 Å². The first-order chi connectivity index (χ1) is 9.51. The standard InChI is InChI=1S/C12H19N5O3/c1-3-16-8-10(17(19)20)11(14-16)12(18)13-9-4-6-15(2)7-5-9/h8-9H,3-7H2,1-2H3,(H,13,18). The summed E-state index contributed by atoms with van der Waals surface area (Å²) >= 11 is 0. The highest BCUT2D eigenvalue weighted by Gasteiger charge is 2.27. The van der Waals surface area contributed by atoms with Crippen molar-refractivity contribution in [1.29, 1.82) is 0 Å². The molecule has 0 atom stereocenters. The molecule has 1 aromatic rings. The number of nitro groups is 1. The van der Waals surface area contributed by atoms with Crippen LogP contribution in [-0.2, 0) is 6.54 Å². The second-order valence-electron chi connectivity index (χ2n) is 5.03. The fourth-order valence-corrected chi connectivity index (χ4v) is 2.27. The lowest BCUT2D eigenvalue weighted by atomic mass is 10.1. The van der Waals surface area contributed by atoms with E-state index in [4.69, 9.17) is 0 Å². The maximum absolute atomic E-state index is 12.1. The van der Waals surface area contributed by atoms with Crippen LogP contribution in [0, 0.1) is 10.1 Å². The van der Waals surface area contributed by atoms with E-state index in [0.717, 1.165) is 25.9 Å². The van der Waals surface area contributed by atoms with Crippen LogP contribution in [0.15, 0.2) is 6.20 Å². The molecular weight excluding hydrogens is 262 g/mol. The molecule has 110 valence electrons. The minimum absolute atomic E-state index is 0.0603. The van der Waals surface area contributed by atoms with E-state index in [2.05, 4.69) is 15.3 Å². The Morgan fingerprint density at radius 1 is 1.55 bits per heavy atom. The summed E-state index contributed by atoms with van der Waals surface area (Å²) in [6.07, 6.45) is 3.00. The lowest BCUT2D eigenvalue weighted by Crippen LogP contribution is -2.43. The van der Waals surface area contributed by atoms with Crippen molar-refractivity contribution < 1.29 is 9.72 Å². The number of carbonyl (C=O) groups excluding carboxylic acids is 1. The van der Waals surface area contributed by atoms with Gasteiger partial charge < -0.3 is 10.2 Å². The number of nitrogens with zero attached hydrogens (tertiary/aromatic N) is 4. The molecule has 2 heterocycles. The van der Waals surface area contributed by atoms with Gasteiger partial charge in [-0.3, -0.25) is 19.6 Å². The predicted molar refractivity (Wildman–Crippen MR) is 72.5 cm³/mol. The first-order valence-electron chi connectivity index (χ1n) is 6.72. The van der Waals surface area contributed by atoms with E-state index in [1.165, 1.54) is 10.9 Å². The molecule has 1 saturated heterocycles. The van der Waals surface area contributed by atoms with Crippen molar-refractivity contribution in [3.63, 3.8) is 0 Å². The van der Waals surface area contributed by atoms with Crippen LogP contribution in [0.25, 0.3) is 0 Å². The predicted octanol–water partition coefficient (Wildman–Crippen LogP) is 0.635. The van der Waals surface area contributed by atoms with Crippen LogP contribution in [0.3, 0.4) is 0 Å². The summed E-state index contributed by atoms with van der Waals surface area (Å²) in [4.78, 5) is 24.7. The van der Waals surface area contributed by atoms with E-state index < -0.39 is 10.8 Å². The van der Waals surface area contributed by atoms with Crippen LogP contribution in [0.5, 0.6) is 0 Å². The Labute approximate surface area is 116 Å². The fraction of sp³-hybridized carbons (Fsp3) is 0.667. The zero-order valence-corrected chi connectivity index (χ0v) is 11.7. The molecule has 2 rings (SSSR count). The van der Waals surface area contributed by atoms with Gasteiger partial charge in [0.1, 0.15) is 6.20 Å². The van der Waals surface area contributed by atoms with Crippen molar-refractivity contribution in [3.05, 3.63) is 22.0 Å². The largest absolute Gasteiger partial charge is 0.348 e. The zero-order chi connectivity index (χ0) is 14.7. The Bertz CT molecular complexity index is 505. The third-order valence-electron chi connectivity index (χ3n) is 3.53. The monoisotopic (exact) mass is 281 g/mol. The minimum Gasteiger partial charge on any atom is -0.348 e. The van der Waals surface area contributed by atoms with Gasteiger partial charge in [-0.15, -0.1) is 0 Å². The maximum Gasteiger partial charge on any atom is 0.320 e. The highest BCUT2D eigenvalue weighted by atomic mass is 16.6. The molecule has 20 heavy (non-hydrogen) atoms. The van der Waals surface area contributed by atoms with E-state index in [9.17, 15) is 14.9 Å². The summed E-state index contributed by atoms with van der Waals surface area (Å²) in [7, 11) is 2.03. The number of likely N-dealkylation sites (tertiary alicyclic amines) is 1. The Balaban J connectivity index is 2.08. The molecule has 0 bridgehead atoms. The highest BCUT2D eigenvalue weighted by molar-refractivity contribution is 5.96. The average Bonchev–Trinajstić information content (AvgIpc) is 2.86. The van der Waals surface area contributed by atoms with Crippen LogP contribution < -0.4 is 5.32 Å². The molecule has 0 radical (unpaired) electrons. The van der Waals surface area contributed by atoms with Crippen molar-refractivity contribution in [2.45, 2.75) is 32.4 Å². The number of hydrogen-bond donors (Lipinski definition) is 1. The molecule has 1 N–H and O–H groups in total. The van der Waals surface area contributed by atoms with Crippen LogP contribution >= 0.6 is 0 Å².